The third-order valence-electron chi connectivity index (χ3n) is 3.24. The minimum Gasteiger partial charge on any atom is -0.465 e. The maximum atomic E-state index is 14.2. The average Bonchev–Trinajstić information content (AvgIpc) is 3.08. The second-order valence-corrected chi connectivity index (χ2v) is 5.04. The Bertz CT molecular complexity index is 868. The van der Waals surface area contributed by atoms with Crippen LogP contribution in [-0.4, -0.2) is 33.3 Å². The maximum absolute atomic E-state index is 14.2. The van der Waals surface area contributed by atoms with E-state index in [2.05, 4.69) is 20.3 Å². The van der Waals surface area contributed by atoms with E-state index in [0.29, 0.717) is 21.8 Å². The molecule has 6 nitrogen and oxygen atoms in total. The van der Waals surface area contributed by atoms with Gasteiger partial charge >= 0.3 is 5.97 Å². The molecule has 0 fully saturated rings. The molecule has 0 N–H and O–H groups in total. The number of tetrazole rings is 1. The first-order chi connectivity index (χ1) is 11.1. The van der Waals surface area contributed by atoms with Crippen molar-refractivity contribution in [3.8, 4) is 16.8 Å². The molecule has 0 bridgehead atoms. The molecule has 0 saturated heterocycles. The number of methoxy groups -OCH3 is 1. The summed E-state index contributed by atoms with van der Waals surface area (Å²) in [5.41, 5.74) is 1.65. The summed E-state index contributed by atoms with van der Waals surface area (Å²) < 4.78 is 20.1. The lowest BCUT2D eigenvalue weighted by molar-refractivity contribution is 0.0595. The lowest BCUT2D eigenvalue weighted by Crippen LogP contribution is -2.04. The van der Waals surface area contributed by atoms with Crippen molar-refractivity contribution in [2.45, 2.75) is 0 Å². The predicted molar refractivity (Wildman–Crippen MR) is 80.9 cm³/mol. The molecule has 0 aliphatic heterocycles. The van der Waals surface area contributed by atoms with Crippen LogP contribution in [0.2, 0.25) is 5.02 Å². The third-order valence-corrected chi connectivity index (χ3v) is 3.47. The zero-order valence-electron chi connectivity index (χ0n) is 11.9. The molecule has 116 valence electrons. The molecule has 1 aromatic heterocycles. The molecule has 3 aromatic rings. The summed E-state index contributed by atoms with van der Waals surface area (Å²) in [5.74, 6) is -1.42. The lowest BCUT2D eigenvalue weighted by atomic mass is 10.0. The third kappa shape index (κ3) is 2.91. The number of aromatic nitrogens is 4. The highest BCUT2D eigenvalue weighted by atomic mass is 35.5. The van der Waals surface area contributed by atoms with Gasteiger partial charge in [0, 0.05) is 10.6 Å². The molecule has 0 radical (unpaired) electrons. The number of hydrogen-bond acceptors (Lipinski definition) is 5. The van der Waals surface area contributed by atoms with E-state index in [1.54, 1.807) is 24.3 Å². The van der Waals surface area contributed by atoms with Gasteiger partial charge in [0.1, 0.15) is 12.1 Å². The number of nitrogens with zero attached hydrogens (tertiary/aromatic N) is 4. The number of benzene rings is 2. The molecule has 3 rings (SSSR count). The van der Waals surface area contributed by atoms with Crippen molar-refractivity contribution in [1.29, 1.82) is 0 Å². The fourth-order valence-electron chi connectivity index (χ4n) is 2.17. The fraction of sp³-hybridized carbons (Fsp3) is 0.0667. The number of carbonyl (C=O) groups excluding carboxylic acids is 1. The van der Waals surface area contributed by atoms with Crippen molar-refractivity contribution in [2.75, 3.05) is 7.11 Å². The fourth-order valence-corrected chi connectivity index (χ4v) is 2.34. The molecule has 0 aliphatic rings. The second kappa shape index (κ2) is 6.13. The van der Waals surface area contributed by atoms with Gasteiger partial charge in [-0.05, 0) is 46.3 Å². The summed E-state index contributed by atoms with van der Waals surface area (Å²) in [5, 5.41) is 11.5. The summed E-state index contributed by atoms with van der Waals surface area (Å²) in [6, 6.07) is 9.29. The van der Waals surface area contributed by atoms with Crippen LogP contribution < -0.4 is 0 Å². The highest BCUT2D eigenvalue weighted by Gasteiger charge is 2.15. The van der Waals surface area contributed by atoms with Crippen LogP contribution in [0.1, 0.15) is 10.4 Å². The van der Waals surface area contributed by atoms with Crippen molar-refractivity contribution in [2.24, 2.45) is 0 Å². The first-order valence-electron chi connectivity index (χ1n) is 6.51. The summed E-state index contributed by atoms with van der Waals surface area (Å²) in [7, 11) is 1.20. The lowest BCUT2D eigenvalue weighted by Gasteiger charge is -2.10. The van der Waals surface area contributed by atoms with Gasteiger partial charge in [0.15, 0.2) is 0 Å². The molecule has 0 saturated carbocycles. The normalized spacial score (nSPS) is 10.6. The Morgan fingerprint density at radius 2 is 2.09 bits per heavy atom. The van der Waals surface area contributed by atoms with E-state index in [0.717, 1.165) is 0 Å². The van der Waals surface area contributed by atoms with E-state index in [4.69, 9.17) is 11.6 Å². The molecule has 8 heteroatoms. The first kappa shape index (κ1) is 15.1. The zero-order valence-corrected chi connectivity index (χ0v) is 12.7. The van der Waals surface area contributed by atoms with Gasteiger partial charge in [-0.15, -0.1) is 5.10 Å². The van der Waals surface area contributed by atoms with E-state index >= 15 is 0 Å². The topological polar surface area (TPSA) is 69.9 Å². The Hall–Kier alpha value is -2.80. The Morgan fingerprint density at radius 1 is 1.26 bits per heavy atom. The highest BCUT2D eigenvalue weighted by molar-refractivity contribution is 6.31. The Labute approximate surface area is 135 Å². The Morgan fingerprint density at radius 3 is 2.74 bits per heavy atom. The number of rotatable bonds is 3. The largest absolute Gasteiger partial charge is 0.465 e. The maximum Gasteiger partial charge on any atom is 0.340 e. The summed E-state index contributed by atoms with van der Waals surface area (Å²) in [6.07, 6.45) is 1.42. The minimum absolute atomic E-state index is 0.137. The van der Waals surface area contributed by atoms with Gasteiger partial charge in [-0.3, -0.25) is 0 Å². The number of halogens is 2. The predicted octanol–water partition coefficient (Wildman–Crippen LogP) is 2.91. The van der Waals surface area contributed by atoms with Crippen LogP contribution >= 0.6 is 11.6 Å². The molecule has 0 aliphatic carbocycles. The van der Waals surface area contributed by atoms with E-state index in [-0.39, 0.29) is 5.56 Å². The monoisotopic (exact) mass is 332 g/mol. The second-order valence-electron chi connectivity index (χ2n) is 4.60. The number of hydrogen-bond donors (Lipinski definition) is 0. The number of ether oxygens (including phenoxy) is 1. The Balaban J connectivity index is 2.14. The van der Waals surface area contributed by atoms with E-state index < -0.39 is 11.8 Å². The highest BCUT2D eigenvalue weighted by Crippen LogP contribution is 2.30. The summed E-state index contributed by atoms with van der Waals surface area (Å²) >= 11 is 6.04. The Kier molecular flexibility index (Phi) is 4.03. The molecule has 0 unspecified atom stereocenters. The van der Waals surface area contributed by atoms with Crippen molar-refractivity contribution in [3.63, 3.8) is 0 Å². The molecular formula is C15H10ClFN4O2. The smallest absolute Gasteiger partial charge is 0.340 e. The van der Waals surface area contributed by atoms with E-state index in [1.807, 2.05) is 0 Å². The first-order valence-corrected chi connectivity index (χ1v) is 6.89. The van der Waals surface area contributed by atoms with Crippen LogP contribution in [0.15, 0.2) is 42.7 Å². The molecule has 2 aromatic carbocycles. The van der Waals surface area contributed by atoms with Crippen LogP contribution in [0.3, 0.4) is 0 Å². The zero-order chi connectivity index (χ0) is 16.4. The standard InChI is InChI=1S/C15H10ClFN4O2/c1-23-15(22)11-4-2-9(6-13(11)17)12-7-10(16)3-5-14(12)21-8-18-19-20-21/h2-8H,1H3. The minimum atomic E-state index is -0.735. The van der Waals surface area contributed by atoms with E-state index in [9.17, 15) is 9.18 Å². The SMILES string of the molecule is COC(=O)c1ccc(-c2cc(Cl)ccc2-n2cnnn2)cc1F. The summed E-state index contributed by atoms with van der Waals surface area (Å²) in [6.45, 7) is 0. The molecule has 1 heterocycles. The van der Waals surface area contributed by atoms with Crippen LogP contribution in [0, 0.1) is 5.82 Å². The number of carbonyl (C=O) groups is 1. The van der Waals surface area contributed by atoms with Gasteiger partial charge < -0.3 is 4.74 Å². The number of esters is 1. The van der Waals surface area contributed by atoms with Crippen LogP contribution in [0.5, 0.6) is 0 Å². The van der Waals surface area contributed by atoms with Crippen molar-refractivity contribution < 1.29 is 13.9 Å². The van der Waals surface area contributed by atoms with Gasteiger partial charge in [0.2, 0.25) is 0 Å². The molecule has 23 heavy (non-hydrogen) atoms. The molecular weight excluding hydrogens is 323 g/mol. The summed E-state index contributed by atoms with van der Waals surface area (Å²) in [4.78, 5) is 11.5. The van der Waals surface area contributed by atoms with Crippen LogP contribution in [0.4, 0.5) is 4.39 Å². The molecule has 0 atom stereocenters. The van der Waals surface area contributed by atoms with Gasteiger partial charge in [-0.1, -0.05) is 17.7 Å². The van der Waals surface area contributed by atoms with Gasteiger partial charge in [0.25, 0.3) is 0 Å². The molecule has 0 spiro atoms. The molecule has 0 amide bonds. The van der Waals surface area contributed by atoms with E-state index in [1.165, 1.54) is 30.3 Å². The van der Waals surface area contributed by atoms with Gasteiger partial charge in [0.05, 0.1) is 18.4 Å². The van der Waals surface area contributed by atoms with Crippen molar-refractivity contribution >= 4 is 17.6 Å². The quantitative estimate of drug-likeness (QED) is 0.690. The van der Waals surface area contributed by atoms with Crippen molar-refractivity contribution in [3.05, 3.63) is 59.1 Å². The van der Waals surface area contributed by atoms with Crippen LogP contribution in [0.25, 0.3) is 16.8 Å². The van der Waals surface area contributed by atoms with Crippen molar-refractivity contribution in [1.82, 2.24) is 20.2 Å². The van der Waals surface area contributed by atoms with Gasteiger partial charge in [-0.25, -0.2) is 9.18 Å². The van der Waals surface area contributed by atoms with Crippen LogP contribution in [-0.2, 0) is 4.74 Å². The van der Waals surface area contributed by atoms with Gasteiger partial charge in [-0.2, -0.15) is 4.68 Å². The average molecular weight is 333 g/mol.